The van der Waals surface area contributed by atoms with Crippen LogP contribution in [-0.2, 0) is 4.79 Å². The summed E-state index contributed by atoms with van der Waals surface area (Å²) in [6.07, 6.45) is 4.92. The molecule has 0 aromatic heterocycles. The number of carboxylic acids is 1. The summed E-state index contributed by atoms with van der Waals surface area (Å²) >= 11 is 0. The summed E-state index contributed by atoms with van der Waals surface area (Å²) in [4.78, 5) is 10.5. The summed E-state index contributed by atoms with van der Waals surface area (Å²) < 4.78 is 0. The average molecular weight is 185 g/mol. The van der Waals surface area contributed by atoms with Gasteiger partial charge in [0.2, 0.25) is 0 Å². The van der Waals surface area contributed by atoms with Crippen molar-refractivity contribution in [2.75, 3.05) is 0 Å². The van der Waals surface area contributed by atoms with Crippen molar-refractivity contribution >= 4 is 5.97 Å². The first kappa shape index (κ1) is 10.5. The number of hydrogen-bond acceptors (Lipinski definition) is 2. The van der Waals surface area contributed by atoms with E-state index >= 15 is 0 Å². The predicted octanol–water partition coefficient (Wildman–Crippen LogP) is 1.61. The monoisotopic (exact) mass is 185 g/mol. The van der Waals surface area contributed by atoms with Crippen LogP contribution < -0.4 is 5.73 Å². The number of carboxylic acid groups (broad SMARTS) is 1. The van der Waals surface area contributed by atoms with Gasteiger partial charge in [-0.3, -0.25) is 4.79 Å². The Labute approximate surface area is 79.3 Å². The molecule has 0 heterocycles. The van der Waals surface area contributed by atoms with Gasteiger partial charge in [-0.25, -0.2) is 0 Å². The van der Waals surface area contributed by atoms with E-state index < -0.39 is 5.97 Å². The molecule has 3 heteroatoms. The maximum atomic E-state index is 10.5. The highest BCUT2D eigenvalue weighted by Gasteiger charge is 2.27. The Kier molecular flexibility index (Phi) is 3.72. The van der Waals surface area contributed by atoms with E-state index in [1.54, 1.807) is 0 Å². The molecular weight excluding hydrogens is 166 g/mol. The van der Waals surface area contributed by atoms with Crippen LogP contribution >= 0.6 is 0 Å². The molecule has 3 atom stereocenters. The largest absolute Gasteiger partial charge is 0.481 e. The molecule has 1 aliphatic rings. The van der Waals surface area contributed by atoms with E-state index in [1.165, 1.54) is 19.3 Å². The second kappa shape index (κ2) is 4.61. The maximum Gasteiger partial charge on any atom is 0.304 e. The first-order valence-corrected chi connectivity index (χ1v) is 5.08. The van der Waals surface area contributed by atoms with E-state index in [4.69, 9.17) is 10.8 Å². The highest BCUT2D eigenvalue weighted by molar-refractivity contribution is 5.67. The fourth-order valence-electron chi connectivity index (χ4n) is 2.33. The lowest BCUT2D eigenvalue weighted by molar-refractivity contribution is -0.137. The number of aliphatic carboxylic acids is 1. The molecule has 1 rings (SSSR count). The quantitative estimate of drug-likeness (QED) is 0.702. The van der Waals surface area contributed by atoms with Crippen molar-refractivity contribution in [2.45, 2.75) is 45.1 Å². The molecule has 13 heavy (non-hydrogen) atoms. The highest BCUT2D eigenvalue weighted by Crippen LogP contribution is 2.32. The molecule has 1 saturated carbocycles. The molecular formula is C10H19NO2. The molecule has 3 nitrogen and oxygen atoms in total. The Balaban J connectivity index is 2.43. The molecule has 0 amide bonds. The van der Waals surface area contributed by atoms with E-state index in [2.05, 4.69) is 6.92 Å². The van der Waals surface area contributed by atoms with Crippen LogP contribution in [-0.4, -0.2) is 17.1 Å². The van der Waals surface area contributed by atoms with Crippen LogP contribution in [0.1, 0.15) is 39.0 Å². The first-order chi connectivity index (χ1) is 6.11. The van der Waals surface area contributed by atoms with E-state index in [0.717, 1.165) is 6.42 Å². The third kappa shape index (κ3) is 2.99. The van der Waals surface area contributed by atoms with Crippen LogP contribution in [0.4, 0.5) is 0 Å². The third-order valence-electron chi connectivity index (χ3n) is 3.14. The van der Waals surface area contributed by atoms with Crippen LogP contribution in [0.5, 0.6) is 0 Å². The van der Waals surface area contributed by atoms with E-state index in [9.17, 15) is 4.79 Å². The molecule has 0 saturated heterocycles. The highest BCUT2D eigenvalue weighted by atomic mass is 16.4. The zero-order valence-electron chi connectivity index (χ0n) is 8.20. The second-order valence-electron chi connectivity index (χ2n) is 4.19. The van der Waals surface area contributed by atoms with Crippen molar-refractivity contribution in [3.63, 3.8) is 0 Å². The normalized spacial score (nSPS) is 31.2. The lowest BCUT2D eigenvalue weighted by atomic mass is 9.76. The maximum absolute atomic E-state index is 10.5. The van der Waals surface area contributed by atoms with Gasteiger partial charge >= 0.3 is 5.97 Å². The SMILES string of the molecule is CC1CCCCC1[C@H](N)CC(=O)O. The summed E-state index contributed by atoms with van der Waals surface area (Å²) in [6, 6.07) is -0.146. The van der Waals surface area contributed by atoms with Crippen LogP contribution in [0, 0.1) is 11.8 Å². The van der Waals surface area contributed by atoms with Gasteiger partial charge in [0.1, 0.15) is 0 Å². The molecule has 2 unspecified atom stereocenters. The van der Waals surface area contributed by atoms with Crippen molar-refractivity contribution in [3.05, 3.63) is 0 Å². The molecule has 0 aliphatic heterocycles. The van der Waals surface area contributed by atoms with Gasteiger partial charge in [-0.05, 0) is 18.3 Å². The van der Waals surface area contributed by atoms with Gasteiger partial charge < -0.3 is 10.8 Å². The van der Waals surface area contributed by atoms with Gasteiger partial charge in [-0.1, -0.05) is 26.2 Å². The van der Waals surface area contributed by atoms with Gasteiger partial charge in [0.15, 0.2) is 0 Å². The minimum atomic E-state index is -0.773. The summed E-state index contributed by atoms with van der Waals surface area (Å²) in [5.41, 5.74) is 5.86. The summed E-state index contributed by atoms with van der Waals surface area (Å²) in [6.45, 7) is 2.19. The fourth-order valence-corrected chi connectivity index (χ4v) is 2.33. The summed E-state index contributed by atoms with van der Waals surface area (Å²) in [7, 11) is 0. The topological polar surface area (TPSA) is 63.3 Å². The Hall–Kier alpha value is -0.570. The van der Waals surface area contributed by atoms with Crippen molar-refractivity contribution in [1.29, 1.82) is 0 Å². The minimum Gasteiger partial charge on any atom is -0.481 e. The number of hydrogen-bond donors (Lipinski definition) is 2. The Morgan fingerprint density at radius 1 is 1.54 bits per heavy atom. The smallest absolute Gasteiger partial charge is 0.304 e. The van der Waals surface area contributed by atoms with E-state index in [1.807, 2.05) is 0 Å². The molecule has 0 aromatic rings. The summed E-state index contributed by atoms with van der Waals surface area (Å²) in [5.74, 6) is 0.248. The average Bonchev–Trinajstić information content (AvgIpc) is 2.03. The molecule has 1 fully saturated rings. The van der Waals surface area contributed by atoms with E-state index in [0.29, 0.717) is 11.8 Å². The van der Waals surface area contributed by atoms with Crippen molar-refractivity contribution in [3.8, 4) is 0 Å². The lowest BCUT2D eigenvalue weighted by Crippen LogP contribution is -2.37. The van der Waals surface area contributed by atoms with Crippen molar-refractivity contribution < 1.29 is 9.90 Å². The lowest BCUT2D eigenvalue weighted by Gasteiger charge is -2.32. The Morgan fingerprint density at radius 3 is 2.69 bits per heavy atom. The Morgan fingerprint density at radius 2 is 2.15 bits per heavy atom. The minimum absolute atomic E-state index is 0.120. The second-order valence-corrected chi connectivity index (χ2v) is 4.19. The molecule has 0 radical (unpaired) electrons. The zero-order chi connectivity index (χ0) is 9.84. The van der Waals surface area contributed by atoms with Gasteiger partial charge in [-0.15, -0.1) is 0 Å². The molecule has 1 aliphatic carbocycles. The van der Waals surface area contributed by atoms with Gasteiger partial charge in [0, 0.05) is 6.04 Å². The first-order valence-electron chi connectivity index (χ1n) is 5.08. The van der Waals surface area contributed by atoms with Gasteiger partial charge in [0.05, 0.1) is 6.42 Å². The number of carbonyl (C=O) groups is 1. The number of nitrogens with two attached hydrogens (primary N) is 1. The standard InChI is InChI=1S/C10H19NO2/c1-7-4-2-3-5-8(7)9(11)6-10(12)13/h7-9H,2-6,11H2,1H3,(H,12,13)/t7?,8?,9-/m1/s1. The molecule has 76 valence electrons. The van der Waals surface area contributed by atoms with Crippen LogP contribution in [0.2, 0.25) is 0 Å². The van der Waals surface area contributed by atoms with Crippen LogP contribution in [0.25, 0.3) is 0 Å². The molecule has 0 bridgehead atoms. The number of rotatable bonds is 3. The third-order valence-corrected chi connectivity index (χ3v) is 3.14. The molecule has 0 aromatic carbocycles. The van der Waals surface area contributed by atoms with Gasteiger partial charge in [0.25, 0.3) is 0 Å². The molecule has 0 spiro atoms. The van der Waals surface area contributed by atoms with Crippen LogP contribution in [0.3, 0.4) is 0 Å². The fraction of sp³-hybridized carbons (Fsp3) is 0.900. The predicted molar refractivity (Wildman–Crippen MR) is 51.4 cm³/mol. The van der Waals surface area contributed by atoms with Crippen molar-refractivity contribution in [2.24, 2.45) is 17.6 Å². The molecule has 3 N–H and O–H groups in total. The Bertz CT molecular complexity index is 182. The van der Waals surface area contributed by atoms with E-state index in [-0.39, 0.29) is 12.5 Å². The zero-order valence-corrected chi connectivity index (χ0v) is 8.20. The van der Waals surface area contributed by atoms with Crippen molar-refractivity contribution in [1.82, 2.24) is 0 Å². The summed E-state index contributed by atoms with van der Waals surface area (Å²) in [5, 5.41) is 8.62. The van der Waals surface area contributed by atoms with Gasteiger partial charge in [-0.2, -0.15) is 0 Å². The van der Waals surface area contributed by atoms with Crippen LogP contribution in [0.15, 0.2) is 0 Å².